The fourth-order valence-electron chi connectivity index (χ4n) is 3.65. The molecule has 34 heavy (non-hydrogen) atoms. The Bertz CT molecular complexity index is 1040. The predicted octanol–water partition coefficient (Wildman–Crippen LogP) is 4.13. The molecule has 1 unspecified atom stereocenters. The highest BCUT2D eigenvalue weighted by atomic mass is 35.5. The van der Waals surface area contributed by atoms with Crippen molar-refractivity contribution in [2.45, 2.75) is 26.7 Å². The van der Waals surface area contributed by atoms with Crippen LogP contribution in [0.1, 0.15) is 32.3 Å². The maximum Gasteiger partial charge on any atom is 0.248 e. The van der Waals surface area contributed by atoms with Gasteiger partial charge >= 0.3 is 0 Å². The van der Waals surface area contributed by atoms with Gasteiger partial charge in [0.1, 0.15) is 5.82 Å². The molecule has 2 aromatic rings. The van der Waals surface area contributed by atoms with Crippen LogP contribution in [0.25, 0.3) is 6.08 Å². The Balaban J connectivity index is 1.61. The minimum absolute atomic E-state index is 0.164. The topological polar surface area (TPSA) is 107 Å². The van der Waals surface area contributed by atoms with E-state index in [1.807, 2.05) is 24.8 Å². The largest absolute Gasteiger partial charge is 0.493 e. The molecule has 9 heteroatoms. The molecular weight excluding hydrogens is 456 g/mol. The van der Waals surface area contributed by atoms with Crippen LogP contribution in [0.2, 0.25) is 5.02 Å². The molecule has 1 saturated heterocycles. The average Bonchev–Trinajstić information content (AvgIpc) is 2.82. The van der Waals surface area contributed by atoms with Gasteiger partial charge in [-0.15, -0.1) is 0 Å². The van der Waals surface area contributed by atoms with Crippen molar-refractivity contribution in [3.8, 4) is 11.5 Å². The number of halogens is 1. The molecule has 1 aliphatic rings. The maximum absolute atomic E-state index is 12.4. The monoisotopic (exact) mass is 486 g/mol. The summed E-state index contributed by atoms with van der Waals surface area (Å²) < 4.78 is 11.2. The minimum Gasteiger partial charge on any atom is -0.493 e. The summed E-state index contributed by atoms with van der Waals surface area (Å²) in [5, 5.41) is 3.20. The molecule has 1 atom stereocenters. The Kier molecular flexibility index (Phi) is 8.76. The van der Waals surface area contributed by atoms with E-state index in [2.05, 4.69) is 10.3 Å². The summed E-state index contributed by atoms with van der Waals surface area (Å²) in [4.78, 5) is 30.4. The number of hydrogen-bond acceptors (Lipinski definition) is 6. The number of piperidine rings is 1. The van der Waals surface area contributed by atoms with Crippen molar-refractivity contribution in [1.82, 2.24) is 4.98 Å². The molecule has 2 heterocycles. The Morgan fingerprint density at radius 1 is 1.35 bits per heavy atom. The van der Waals surface area contributed by atoms with Crippen LogP contribution in [0.5, 0.6) is 11.5 Å². The predicted molar refractivity (Wildman–Crippen MR) is 134 cm³/mol. The number of anilines is 2. The van der Waals surface area contributed by atoms with E-state index in [9.17, 15) is 9.59 Å². The van der Waals surface area contributed by atoms with Crippen molar-refractivity contribution in [1.29, 1.82) is 0 Å². The number of aromatic nitrogens is 1. The molecule has 0 saturated carbocycles. The molecule has 3 rings (SSSR count). The lowest BCUT2D eigenvalue weighted by molar-refractivity contribution is -0.122. The fraction of sp³-hybridized carbons (Fsp3) is 0.400. The first kappa shape index (κ1) is 25.4. The van der Waals surface area contributed by atoms with Crippen LogP contribution < -0.4 is 25.4 Å². The van der Waals surface area contributed by atoms with Crippen LogP contribution in [0.4, 0.5) is 11.5 Å². The number of rotatable bonds is 9. The Hall–Kier alpha value is -3.26. The van der Waals surface area contributed by atoms with Gasteiger partial charge in [0, 0.05) is 19.2 Å². The smallest absolute Gasteiger partial charge is 0.248 e. The zero-order valence-electron chi connectivity index (χ0n) is 19.7. The standard InChI is InChI=1S/C25H31ClN4O4/c1-16(2)15-34-24-20(26)11-17(12-21(24)33-3)6-9-23(31)29-19-7-8-22(28-13-19)30-10-4-5-18(14-30)25(27)32/h6-9,11-13,16,18H,4-5,10,14-15H2,1-3H3,(H2,27,32)(H,29,31)/b9-6+. The summed E-state index contributed by atoms with van der Waals surface area (Å²) in [5.41, 5.74) is 6.72. The van der Waals surface area contributed by atoms with Crippen LogP contribution >= 0.6 is 11.6 Å². The third-order valence-corrected chi connectivity index (χ3v) is 5.68. The van der Waals surface area contributed by atoms with Crippen molar-refractivity contribution in [3.63, 3.8) is 0 Å². The average molecular weight is 487 g/mol. The minimum atomic E-state index is -0.309. The summed E-state index contributed by atoms with van der Waals surface area (Å²) in [6.07, 6.45) is 6.34. The van der Waals surface area contributed by atoms with E-state index in [-0.39, 0.29) is 17.7 Å². The third kappa shape index (κ3) is 6.87. The number of hydrogen-bond donors (Lipinski definition) is 2. The van der Waals surface area contributed by atoms with Gasteiger partial charge in [0.05, 0.1) is 36.5 Å². The zero-order chi connectivity index (χ0) is 24.7. The number of carbonyl (C=O) groups is 2. The number of nitrogens with one attached hydrogen (secondary N) is 1. The number of carbonyl (C=O) groups excluding carboxylic acids is 2. The molecule has 3 N–H and O–H groups in total. The maximum atomic E-state index is 12.4. The second kappa shape index (κ2) is 11.7. The molecule has 1 fully saturated rings. The van der Waals surface area contributed by atoms with Crippen LogP contribution in [-0.2, 0) is 9.59 Å². The third-order valence-electron chi connectivity index (χ3n) is 5.40. The van der Waals surface area contributed by atoms with Gasteiger partial charge in [-0.2, -0.15) is 0 Å². The van der Waals surface area contributed by atoms with Crippen molar-refractivity contribution in [3.05, 3.63) is 47.1 Å². The van der Waals surface area contributed by atoms with Gasteiger partial charge in [-0.1, -0.05) is 25.4 Å². The second-order valence-corrected chi connectivity index (χ2v) is 9.06. The first-order valence-electron chi connectivity index (χ1n) is 11.3. The SMILES string of the molecule is COc1cc(/C=C/C(=O)Nc2ccc(N3CCCC(C(N)=O)C3)nc2)cc(Cl)c1OCC(C)C. The molecule has 1 aromatic carbocycles. The van der Waals surface area contributed by atoms with E-state index in [0.29, 0.717) is 46.8 Å². The molecule has 182 valence electrons. The van der Waals surface area contributed by atoms with Gasteiger partial charge in [-0.25, -0.2) is 4.98 Å². The first-order chi connectivity index (χ1) is 16.3. The Morgan fingerprint density at radius 2 is 2.15 bits per heavy atom. The molecular formula is C25H31ClN4O4. The Labute approximate surface area is 205 Å². The molecule has 2 amide bonds. The number of pyridine rings is 1. The fourth-order valence-corrected chi connectivity index (χ4v) is 3.92. The number of amides is 2. The lowest BCUT2D eigenvalue weighted by Crippen LogP contribution is -2.41. The summed E-state index contributed by atoms with van der Waals surface area (Å²) in [6.45, 7) is 5.99. The normalized spacial score (nSPS) is 16.0. The lowest BCUT2D eigenvalue weighted by Gasteiger charge is -2.32. The molecule has 0 bridgehead atoms. The van der Waals surface area contributed by atoms with Crippen molar-refractivity contribution in [2.24, 2.45) is 17.6 Å². The Morgan fingerprint density at radius 3 is 2.79 bits per heavy atom. The molecule has 1 aromatic heterocycles. The zero-order valence-corrected chi connectivity index (χ0v) is 20.5. The number of methoxy groups -OCH3 is 1. The van der Waals surface area contributed by atoms with Crippen LogP contribution in [0.15, 0.2) is 36.5 Å². The van der Waals surface area contributed by atoms with Gasteiger partial charge in [-0.05, 0) is 54.7 Å². The molecule has 0 spiro atoms. The molecule has 1 aliphatic heterocycles. The molecule has 8 nitrogen and oxygen atoms in total. The van der Waals surface area contributed by atoms with E-state index >= 15 is 0 Å². The van der Waals surface area contributed by atoms with Gasteiger partial charge in [0.25, 0.3) is 0 Å². The van der Waals surface area contributed by atoms with E-state index in [1.54, 1.807) is 37.6 Å². The quantitative estimate of drug-likeness (QED) is 0.516. The number of nitrogens with two attached hydrogens (primary N) is 1. The van der Waals surface area contributed by atoms with Crippen molar-refractivity contribution in [2.75, 3.05) is 37.0 Å². The second-order valence-electron chi connectivity index (χ2n) is 8.65. The van der Waals surface area contributed by atoms with E-state index in [4.69, 9.17) is 26.8 Å². The van der Waals surface area contributed by atoms with Crippen molar-refractivity contribution >= 4 is 41.0 Å². The number of nitrogens with zero attached hydrogens (tertiary/aromatic N) is 2. The van der Waals surface area contributed by atoms with Gasteiger partial charge < -0.3 is 25.4 Å². The highest BCUT2D eigenvalue weighted by Gasteiger charge is 2.24. The summed E-state index contributed by atoms with van der Waals surface area (Å²) in [6, 6.07) is 7.09. The van der Waals surface area contributed by atoms with E-state index < -0.39 is 0 Å². The highest BCUT2D eigenvalue weighted by molar-refractivity contribution is 6.32. The molecule has 0 radical (unpaired) electrons. The summed E-state index contributed by atoms with van der Waals surface area (Å²) in [7, 11) is 1.54. The van der Waals surface area contributed by atoms with Gasteiger partial charge in [-0.3, -0.25) is 9.59 Å². The van der Waals surface area contributed by atoms with Crippen LogP contribution in [0.3, 0.4) is 0 Å². The number of primary amides is 1. The number of ether oxygens (including phenoxy) is 2. The van der Waals surface area contributed by atoms with Gasteiger partial charge in [0.2, 0.25) is 11.8 Å². The van der Waals surface area contributed by atoms with Crippen LogP contribution in [0, 0.1) is 11.8 Å². The van der Waals surface area contributed by atoms with Gasteiger partial charge in [0.15, 0.2) is 11.5 Å². The van der Waals surface area contributed by atoms with Crippen molar-refractivity contribution < 1.29 is 19.1 Å². The molecule has 0 aliphatic carbocycles. The van der Waals surface area contributed by atoms with E-state index in [1.165, 1.54) is 6.08 Å². The summed E-state index contributed by atoms with van der Waals surface area (Å²) >= 11 is 6.37. The lowest BCUT2D eigenvalue weighted by atomic mass is 9.97. The van der Waals surface area contributed by atoms with E-state index in [0.717, 1.165) is 25.2 Å². The first-order valence-corrected chi connectivity index (χ1v) is 11.6. The highest BCUT2D eigenvalue weighted by Crippen LogP contribution is 2.37. The number of benzene rings is 1. The van der Waals surface area contributed by atoms with Crippen LogP contribution in [-0.4, -0.2) is 43.6 Å². The summed E-state index contributed by atoms with van der Waals surface area (Å²) in [5.74, 6) is 1.34.